The molecule has 2 aromatic rings. The molecule has 2 amide bonds. The number of hydrogen-bond donors (Lipinski definition) is 0. The van der Waals surface area contributed by atoms with E-state index in [1.165, 1.54) is 24.3 Å². The van der Waals surface area contributed by atoms with Crippen LogP contribution in [0.2, 0.25) is 0 Å². The van der Waals surface area contributed by atoms with Crippen molar-refractivity contribution in [3.63, 3.8) is 0 Å². The number of halogens is 1. The quantitative estimate of drug-likeness (QED) is 0.351. The number of fused-ring (bicyclic) bond motifs is 1. The maximum absolute atomic E-state index is 13.9. The highest BCUT2D eigenvalue weighted by molar-refractivity contribution is 6.23. The summed E-state index contributed by atoms with van der Waals surface area (Å²) in [7, 11) is 0. The van der Waals surface area contributed by atoms with Crippen molar-refractivity contribution in [2.75, 3.05) is 4.90 Å². The average Bonchev–Trinajstić information content (AvgIpc) is 2.92. The standard InChI is InChI=1S/C22H18FNO4/c1-13-10-11-14-16(12-13)21(26)24(20(14)25)18-8-4-5-9-19(18)28-22(27)15-6-2-3-7-17(15)23/h2-10,14,16H,11-12H2,1H3/t14-,16+/m0/s1. The van der Waals surface area contributed by atoms with Crippen molar-refractivity contribution in [2.24, 2.45) is 11.8 Å². The molecular weight excluding hydrogens is 361 g/mol. The van der Waals surface area contributed by atoms with Crippen LogP contribution in [0.1, 0.15) is 30.1 Å². The van der Waals surface area contributed by atoms with Crippen LogP contribution < -0.4 is 9.64 Å². The van der Waals surface area contributed by atoms with Gasteiger partial charge in [-0.25, -0.2) is 14.1 Å². The monoisotopic (exact) mass is 379 g/mol. The average molecular weight is 379 g/mol. The third-order valence-corrected chi connectivity index (χ3v) is 5.23. The number of benzene rings is 2. The Hall–Kier alpha value is -3.28. The third-order valence-electron chi connectivity index (χ3n) is 5.23. The number of rotatable bonds is 3. The summed E-state index contributed by atoms with van der Waals surface area (Å²) in [6.45, 7) is 1.95. The first-order valence-corrected chi connectivity index (χ1v) is 9.06. The van der Waals surface area contributed by atoms with Crippen molar-refractivity contribution >= 4 is 23.5 Å². The highest BCUT2D eigenvalue weighted by Gasteiger charge is 2.49. The maximum atomic E-state index is 13.9. The first-order chi connectivity index (χ1) is 13.5. The van der Waals surface area contributed by atoms with E-state index in [1.807, 2.05) is 13.0 Å². The van der Waals surface area contributed by atoms with Gasteiger partial charge >= 0.3 is 5.97 Å². The lowest BCUT2D eigenvalue weighted by molar-refractivity contribution is -0.122. The molecule has 0 radical (unpaired) electrons. The fourth-order valence-corrected chi connectivity index (χ4v) is 3.78. The van der Waals surface area contributed by atoms with Crippen LogP contribution >= 0.6 is 0 Å². The molecule has 1 fully saturated rings. The molecule has 0 N–H and O–H groups in total. The summed E-state index contributed by atoms with van der Waals surface area (Å²) in [5.41, 5.74) is 1.07. The fourth-order valence-electron chi connectivity index (χ4n) is 3.78. The number of carbonyl (C=O) groups excluding carboxylic acids is 3. The van der Waals surface area contributed by atoms with E-state index < -0.39 is 23.6 Å². The van der Waals surface area contributed by atoms with Crippen LogP contribution in [0.25, 0.3) is 0 Å². The van der Waals surface area contributed by atoms with Crippen molar-refractivity contribution in [2.45, 2.75) is 19.8 Å². The molecule has 0 unspecified atom stereocenters. The first-order valence-electron chi connectivity index (χ1n) is 9.06. The van der Waals surface area contributed by atoms with Crippen LogP contribution in [0, 0.1) is 17.7 Å². The van der Waals surface area contributed by atoms with E-state index >= 15 is 0 Å². The minimum atomic E-state index is -0.889. The Morgan fingerprint density at radius 1 is 1.04 bits per heavy atom. The lowest BCUT2D eigenvalue weighted by Gasteiger charge is -2.19. The number of imide groups is 1. The van der Waals surface area contributed by atoms with E-state index in [0.29, 0.717) is 12.8 Å². The van der Waals surface area contributed by atoms with Gasteiger partial charge in [-0.05, 0) is 44.0 Å². The predicted molar refractivity (Wildman–Crippen MR) is 100 cm³/mol. The molecule has 6 heteroatoms. The Labute approximate surface area is 161 Å². The smallest absolute Gasteiger partial charge is 0.346 e. The number of ether oxygens (including phenoxy) is 1. The van der Waals surface area contributed by atoms with Gasteiger partial charge in [0.05, 0.1) is 23.1 Å². The molecule has 2 atom stereocenters. The van der Waals surface area contributed by atoms with E-state index in [0.717, 1.165) is 16.5 Å². The summed E-state index contributed by atoms with van der Waals surface area (Å²) in [6, 6.07) is 11.8. The zero-order valence-corrected chi connectivity index (χ0v) is 15.2. The number of para-hydroxylation sites is 2. The molecule has 28 heavy (non-hydrogen) atoms. The fraction of sp³-hybridized carbons (Fsp3) is 0.227. The molecule has 1 aliphatic heterocycles. The Morgan fingerprint density at radius 3 is 2.50 bits per heavy atom. The highest BCUT2D eigenvalue weighted by atomic mass is 19.1. The molecule has 1 aliphatic carbocycles. The normalized spacial score (nSPS) is 21.4. The van der Waals surface area contributed by atoms with Gasteiger partial charge in [0.15, 0.2) is 5.75 Å². The van der Waals surface area contributed by atoms with Crippen LogP contribution in [0.15, 0.2) is 60.2 Å². The molecule has 0 bridgehead atoms. The minimum absolute atomic E-state index is 0.0424. The Morgan fingerprint density at radius 2 is 1.71 bits per heavy atom. The van der Waals surface area contributed by atoms with Crippen LogP contribution in [0.5, 0.6) is 5.75 Å². The Bertz CT molecular complexity index is 1010. The lowest BCUT2D eigenvalue weighted by Crippen LogP contribution is -2.31. The molecule has 4 rings (SSSR count). The second kappa shape index (κ2) is 7.03. The van der Waals surface area contributed by atoms with Gasteiger partial charge in [-0.15, -0.1) is 0 Å². The van der Waals surface area contributed by atoms with Crippen molar-refractivity contribution in [1.82, 2.24) is 0 Å². The second-order valence-corrected chi connectivity index (χ2v) is 7.05. The van der Waals surface area contributed by atoms with Crippen LogP contribution in [-0.4, -0.2) is 17.8 Å². The number of allylic oxidation sites excluding steroid dienone is 2. The minimum Gasteiger partial charge on any atom is -0.421 e. The summed E-state index contributed by atoms with van der Waals surface area (Å²) in [6.07, 6.45) is 3.05. The molecule has 1 saturated heterocycles. The van der Waals surface area contributed by atoms with Gasteiger partial charge in [0, 0.05) is 0 Å². The molecule has 0 spiro atoms. The van der Waals surface area contributed by atoms with Crippen LogP contribution in [0.3, 0.4) is 0 Å². The predicted octanol–water partition coefficient (Wildman–Crippen LogP) is 3.89. The van der Waals surface area contributed by atoms with Gasteiger partial charge in [0.1, 0.15) is 5.82 Å². The summed E-state index contributed by atoms with van der Waals surface area (Å²) in [4.78, 5) is 39.3. The summed E-state index contributed by atoms with van der Waals surface area (Å²) in [5.74, 6) is -2.93. The number of amides is 2. The van der Waals surface area contributed by atoms with Crippen molar-refractivity contribution in [1.29, 1.82) is 0 Å². The Balaban J connectivity index is 1.66. The number of anilines is 1. The van der Waals surface area contributed by atoms with Gasteiger partial charge in [-0.3, -0.25) is 9.59 Å². The zero-order valence-electron chi connectivity index (χ0n) is 15.2. The van der Waals surface area contributed by atoms with Gasteiger partial charge in [0.2, 0.25) is 11.8 Å². The van der Waals surface area contributed by atoms with Crippen molar-refractivity contribution in [3.05, 3.63) is 71.6 Å². The van der Waals surface area contributed by atoms with Gasteiger partial charge < -0.3 is 4.74 Å². The lowest BCUT2D eigenvalue weighted by atomic mass is 9.82. The van der Waals surface area contributed by atoms with Gasteiger partial charge in [-0.2, -0.15) is 0 Å². The van der Waals surface area contributed by atoms with Crippen molar-refractivity contribution < 1.29 is 23.5 Å². The number of nitrogens with zero attached hydrogens (tertiary/aromatic N) is 1. The SMILES string of the molecule is CC1=CC[C@@H]2C(=O)N(c3ccccc3OC(=O)c3ccccc3F)C(=O)[C@@H]2C1. The highest BCUT2D eigenvalue weighted by Crippen LogP contribution is 2.42. The van der Waals surface area contributed by atoms with Crippen LogP contribution in [0.4, 0.5) is 10.1 Å². The molecule has 1 heterocycles. The summed E-state index contributed by atoms with van der Waals surface area (Å²) >= 11 is 0. The van der Waals surface area contributed by atoms with E-state index in [2.05, 4.69) is 0 Å². The zero-order chi connectivity index (χ0) is 19.8. The Kier molecular flexibility index (Phi) is 4.55. The molecule has 0 aromatic heterocycles. The maximum Gasteiger partial charge on any atom is 0.346 e. The topological polar surface area (TPSA) is 63.7 Å². The second-order valence-electron chi connectivity index (χ2n) is 7.05. The third kappa shape index (κ3) is 3.01. The largest absolute Gasteiger partial charge is 0.421 e. The van der Waals surface area contributed by atoms with Gasteiger partial charge in [-0.1, -0.05) is 35.9 Å². The molecule has 2 aliphatic rings. The van der Waals surface area contributed by atoms with E-state index in [4.69, 9.17) is 4.74 Å². The molecule has 2 aromatic carbocycles. The summed E-state index contributed by atoms with van der Waals surface area (Å²) < 4.78 is 19.2. The summed E-state index contributed by atoms with van der Waals surface area (Å²) in [5, 5.41) is 0. The number of hydrogen-bond acceptors (Lipinski definition) is 4. The van der Waals surface area contributed by atoms with E-state index in [9.17, 15) is 18.8 Å². The number of carbonyl (C=O) groups is 3. The van der Waals surface area contributed by atoms with Gasteiger partial charge in [0.25, 0.3) is 0 Å². The number of esters is 1. The molecule has 142 valence electrons. The molecule has 0 saturated carbocycles. The molecular formula is C22H18FNO4. The van der Waals surface area contributed by atoms with E-state index in [1.54, 1.807) is 18.2 Å². The first kappa shape index (κ1) is 18.1. The molecule has 5 nitrogen and oxygen atoms in total. The van der Waals surface area contributed by atoms with Crippen LogP contribution in [-0.2, 0) is 9.59 Å². The van der Waals surface area contributed by atoms with E-state index in [-0.39, 0.29) is 28.8 Å². The van der Waals surface area contributed by atoms with Crippen molar-refractivity contribution in [3.8, 4) is 5.75 Å².